The van der Waals surface area contributed by atoms with Gasteiger partial charge in [-0.1, -0.05) is 15.9 Å². The summed E-state index contributed by atoms with van der Waals surface area (Å²) in [7, 11) is -4.04. The number of halogens is 1. The van der Waals surface area contributed by atoms with Crippen LogP contribution in [0.2, 0.25) is 0 Å². The first-order valence-electron chi connectivity index (χ1n) is 4.87. The van der Waals surface area contributed by atoms with Gasteiger partial charge in [0.15, 0.2) is 0 Å². The predicted octanol–water partition coefficient (Wildman–Crippen LogP) is 1.83. The van der Waals surface area contributed by atoms with E-state index in [9.17, 15) is 18.5 Å². The van der Waals surface area contributed by atoms with Crippen LogP contribution in [0.1, 0.15) is 8.30 Å². The maximum Gasteiger partial charge on any atom is 0.270 e. The third-order valence-corrected chi connectivity index (χ3v) is 2.25. The minimum Gasteiger partial charge on any atom is -0.265 e. The Morgan fingerprint density at radius 3 is 2.69 bits per heavy atom. The summed E-state index contributed by atoms with van der Waals surface area (Å²) in [5.74, 6) is 0. The third-order valence-electron chi connectivity index (χ3n) is 1.40. The lowest BCUT2D eigenvalue weighted by molar-refractivity contribution is -0.385. The Labute approximate surface area is 103 Å². The average molecular weight is 312 g/mol. The first kappa shape index (κ1) is 10.2. The molecule has 0 aliphatic rings. The molecule has 0 amide bonds. The van der Waals surface area contributed by atoms with Crippen LogP contribution in [0.5, 0.6) is 0 Å². The van der Waals surface area contributed by atoms with Gasteiger partial charge in [0, 0.05) is 16.6 Å². The molecule has 1 rings (SSSR count). The van der Waals surface area contributed by atoms with Crippen LogP contribution in [-0.2, 0) is 20.9 Å². The van der Waals surface area contributed by atoms with Gasteiger partial charge in [0.1, 0.15) is 0 Å². The van der Waals surface area contributed by atoms with Crippen LogP contribution >= 0.6 is 15.9 Å². The second-order valence-electron chi connectivity index (χ2n) is 2.84. The summed E-state index contributed by atoms with van der Waals surface area (Å²) in [4.78, 5) is 9.90. The highest BCUT2D eigenvalue weighted by atomic mass is 79.9. The van der Waals surface area contributed by atoms with Gasteiger partial charge >= 0.3 is 0 Å². The smallest absolute Gasteiger partial charge is 0.265 e. The lowest BCUT2D eigenvalue weighted by Crippen LogP contribution is -2.03. The largest absolute Gasteiger partial charge is 0.270 e. The number of nitro groups is 1. The number of hydrogen-bond donors (Lipinski definition) is 0. The molecule has 1 aromatic rings. The summed E-state index contributed by atoms with van der Waals surface area (Å²) in [6.45, 7) is -2.68. The zero-order chi connectivity index (χ0) is 14.1. The van der Waals surface area contributed by atoms with Crippen LogP contribution in [0.4, 0.5) is 5.69 Å². The van der Waals surface area contributed by atoms with E-state index in [2.05, 4.69) is 20.1 Å². The predicted molar refractivity (Wildman–Crippen MR) is 60.4 cm³/mol. The van der Waals surface area contributed by atoms with E-state index < -0.39 is 21.6 Å². The minimum atomic E-state index is -4.04. The Kier molecular flexibility index (Phi) is 3.12. The van der Waals surface area contributed by atoms with Gasteiger partial charge in [-0.3, -0.25) is 14.3 Å². The Morgan fingerprint density at radius 1 is 1.56 bits per heavy atom. The number of hydrogen-bond acceptors (Lipinski definition) is 5. The van der Waals surface area contributed by atoms with E-state index >= 15 is 0 Å². The van der Waals surface area contributed by atoms with Gasteiger partial charge in [-0.2, -0.15) is 8.42 Å². The van der Waals surface area contributed by atoms with E-state index in [1.807, 2.05) is 0 Å². The first-order valence-corrected chi connectivity index (χ1v) is 6.48. The van der Waals surface area contributed by atoms with E-state index in [0.29, 0.717) is 6.26 Å². The van der Waals surface area contributed by atoms with Crippen LogP contribution in [0.25, 0.3) is 0 Å². The Bertz CT molecular complexity index is 589. The van der Waals surface area contributed by atoms with Crippen molar-refractivity contribution in [3.63, 3.8) is 0 Å². The first-order chi connectivity index (χ1) is 8.01. The molecule has 0 unspecified atom stereocenters. The van der Waals surface area contributed by atoms with Gasteiger partial charge in [0.25, 0.3) is 15.8 Å². The van der Waals surface area contributed by atoms with E-state index in [0.717, 1.165) is 6.07 Å². The molecule has 88 valence electrons. The average Bonchev–Trinajstić information content (AvgIpc) is 2.12. The fraction of sp³-hybridized carbons (Fsp3) is 0.250. The summed E-state index contributed by atoms with van der Waals surface area (Å²) in [5, 5.41) is 10.6. The molecule has 0 N–H and O–H groups in total. The number of rotatable bonds is 4. The van der Waals surface area contributed by atoms with Crippen molar-refractivity contribution in [3.8, 4) is 0 Å². The molecule has 0 bridgehead atoms. The summed E-state index contributed by atoms with van der Waals surface area (Å²) < 4.78 is 41.3. The fourth-order valence-electron chi connectivity index (χ4n) is 0.862. The zero-order valence-electron chi connectivity index (χ0n) is 10.0. The van der Waals surface area contributed by atoms with Crippen molar-refractivity contribution in [1.29, 1.82) is 0 Å². The topological polar surface area (TPSA) is 86.5 Å². The quantitative estimate of drug-likeness (QED) is 0.481. The highest BCUT2D eigenvalue weighted by Crippen LogP contribution is 2.22. The SMILES string of the molecule is [2H]C([2H])(OS(C)(=O)=O)c1cc(Br)cc([N+](=O)[O-])c1. The molecule has 8 heteroatoms. The second kappa shape index (κ2) is 4.89. The summed E-state index contributed by atoms with van der Waals surface area (Å²) in [6, 6.07) is 3.29. The third kappa shape index (κ3) is 4.25. The molecule has 6 nitrogen and oxygen atoms in total. The molecule has 0 radical (unpaired) electrons. The maximum absolute atomic E-state index is 10.9. The van der Waals surface area contributed by atoms with Gasteiger partial charge in [-0.05, 0) is 11.6 Å². The van der Waals surface area contributed by atoms with Crippen molar-refractivity contribution in [2.75, 3.05) is 6.26 Å². The minimum absolute atomic E-state index is 0.243. The molecule has 0 saturated carbocycles. The standard InChI is InChI=1S/C8H8BrNO5S/c1-16(13,14)15-5-6-2-7(9)4-8(3-6)10(11)12/h2-4H,5H2,1H3/i5D2. The molecule has 0 fully saturated rings. The molecule has 0 atom stereocenters. The normalized spacial score (nSPS) is 14.1. The van der Waals surface area contributed by atoms with Gasteiger partial charge in [0.05, 0.1) is 20.5 Å². The van der Waals surface area contributed by atoms with Crippen molar-refractivity contribution in [3.05, 3.63) is 38.3 Å². The second-order valence-corrected chi connectivity index (χ2v) is 5.34. The fourth-order valence-corrected chi connectivity index (χ4v) is 1.59. The summed E-state index contributed by atoms with van der Waals surface area (Å²) in [5.41, 5.74) is -0.644. The van der Waals surface area contributed by atoms with Crippen molar-refractivity contribution in [1.82, 2.24) is 0 Å². The maximum atomic E-state index is 10.9. The molecule has 0 saturated heterocycles. The van der Waals surface area contributed by atoms with Gasteiger partial charge in [-0.25, -0.2) is 0 Å². The number of nitro benzene ring substituents is 1. The highest BCUT2D eigenvalue weighted by molar-refractivity contribution is 9.10. The Balaban J connectivity index is 3.28. The van der Waals surface area contributed by atoms with Crippen molar-refractivity contribution in [2.45, 2.75) is 6.56 Å². The summed E-state index contributed by atoms with van der Waals surface area (Å²) in [6.07, 6.45) is 0.692. The molecule has 0 aromatic heterocycles. The van der Waals surface area contributed by atoms with Crippen molar-refractivity contribution < 1.29 is 20.3 Å². The molecule has 0 spiro atoms. The van der Waals surface area contributed by atoms with E-state index in [1.54, 1.807) is 0 Å². The number of nitrogens with zero attached hydrogens (tertiary/aromatic N) is 1. The number of non-ortho nitro benzene ring substituents is 1. The summed E-state index contributed by atoms with van der Waals surface area (Å²) >= 11 is 2.98. The van der Waals surface area contributed by atoms with Crippen LogP contribution in [0.3, 0.4) is 0 Å². The van der Waals surface area contributed by atoms with Crippen molar-refractivity contribution in [2.24, 2.45) is 0 Å². The van der Waals surface area contributed by atoms with Crippen LogP contribution in [0.15, 0.2) is 22.7 Å². The van der Waals surface area contributed by atoms with Gasteiger partial charge in [-0.15, -0.1) is 0 Å². The monoisotopic (exact) mass is 311 g/mol. The van der Waals surface area contributed by atoms with E-state index in [4.69, 9.17) is 2.74 Å². The van der Waals surface area contributed by atoms with E-state index in [-0.39, 0.29) is 15.7 Å². The highest BCUT2D eigenvalue weighted by Gasteiger charge is 2.10. The van der Waals surface area contributed by atoms with Crippen LogP contribution < -0.4 is 0 Å². The lowest BCUT2D eigenvalue weighted by atomic mass is 10.2. The number of benzene rings is 1. The van der Waals surface area contributed by atoms with Crippen molar-refractivity contribution >= 4 is 31.7 Å². The Hall–Kier alpha value is -0.990. The lowest BCUT2D eigenvalue weighted by Gasteiger charge is -2.02. The van der Waals surface area contributed by atoms with E-state index in [1.165, 1.54) is 12.1 Å². The van der Waals surface area contributed by atoms with Crippen LogP contribution in [0, 0.1) is 10.1 Å². The van der Waals surface area contributed by atoms with Crippen LogP contribution in [-0.4, -0.2) is 19.6 Å². The molecule has 16 heavy (non-hydrogen) atoms. The molecular weight excluding hydrogens is 302 g/mol. The van der Waals surface area contributed by atoms with Gasteiger partial charge in [0.2, 0.25) is 0 Å². The molecule has 0 heterocycles. The Morgan fingerprint density at radius 2 is 2.19 bits per heavy atom. The molecule has 0 aliphatic carbocycles. The molecular formula is C8H8BrNO5S. The zero-order valence-corrected chi connectivity index (χ0v) is 10.4. The molecule has 0 aliphatic heterocycles. The molecule has 1 aromatic carbocycles. The van der Waals surface area contributed by atoms with Gasteiger partial charge < -0.3 is 0 Å².